The number of piperazine rings is 1. The third-order valence-electron chi connectivity index (χ3n) is 4.46. The average molecular weight is 374 g/mol. The van der Waals surface area contributed by atoms with Crippen LogP contribution in [0.25, 0.3) is 22.0 Å². The Morgan fingerprint density at radius 1 is 1.12 bits per heavy atom. The number of sulfonamides is 1. The summed E-state index contributed by atoms with van der Waals surface area (Å²) in [7, 11) is -3.14. The standard InChI is InChI=1S/C17H18N4O2S2/c1-25(22,23)21-8-6-20(7-9-21)17-16-14(3-2-5-18-16)15(11-19-17)13-4-10-24-12-13/h2-5,10-12H,6-9H2,1H3. The molecule has 3 aromatic heterocycles. The molecular formula is C17H18N4O2S2. The van der Waals surface area contributed by atoms with E-state index in [2.05, 4.69) is 37.8 Å². The number of anilines is 1. The molecule has 0 aromatic carbocycles. The fraction of sp³-hybridized carbons (Fsp3) is 0.294. The molecule has 0 unspecified atom stereocenters. The Labute approximate surface area is 150 Å². The number of aromatic nitrogens is 2. The second-order valence-electron chi connectivity index (χ2n) is 6.06. The molecule has 0 bridgehead atoms. The molecule has 0 atom stereocenters. The van der Waals surface area contributed by atoms with Crippen LogP contribution in [0, 0.1) is 0 Å². The van der Waals surface area contributed by atoms with Crippen molar-refractivity contribution in [2.24, 2.45) is 0 Å². The van der Waals surface area contributed by atoms with Crippen LogP contribution in [-0.2, 0) is 10.0 Å². The molecule has 1 saturated heterocycles. The highest BCUT2D eigenvalue weighted by atomic mass is 32.2. The van der Waals surface area contributed by atoms with Gasteiger partial charge in [-0.1, -0.05) is 6.07 Å². The van der Waals surface area contributed by atoms with Crippen molar-refractivity contribution in [2.45, 2.75) is 0 Å². The van der Waals surface area contributed by atoms with Crippen LogP contribution in [0.1, 0.15) is 0 Å². The van der Waals surface area contributed by atoms with Gasteiger partial charge in [0.15, 0.2) is 5.82 Å². The number of pyridine rings is 2. The number of rotatable bonds is 3. The normalized spacial score (nSPS) is 16.4. The van der Waals surface area contributed by atoms with Gasteiger partial charge in [0.2, 0.25) is 10.0 Å². The van der Waals surface area contributed by atoms with Gasteiger partial charge < -0.3 is 4.90 Å². The van der Waals surface area contributed by atoms with Gasteiger partial charge in [0.1, 0.15) is 5.52 Å². The maximum Gasteiger partial charge on any atom is 0.211 e. The van der Waals surface area contributed by atoms with Crippen LogP contribution in [-0.4, -0.2) is 55.1 Å². The van der Waals surface area contributed by atoms with Crippen molar-refractivity contribution in [1.82, 2.24) is 14.3 Å². The average Bonchev–Trinajstić information content (AvgIpc) is 3.14. The number of hydrogen-bond acceptors (Lipinski definition) is 6. The van der Waals surface area contributed by atoms with Gasteiger partial charge in [-0.05, 0) is 28.5 Å². The van der Waals surface area contributed by atoms with Crippen molar-refractivity contribution in [3.8, 4) is 11.1 Å². The lowest BCUT2D eigenvalue weighted by Crippen LogP contribution is -2.48. The van der Waals surface area contributed by atoms with Crippen molar-refractivity contribution in [1.29, 1.82) is 0 Å². The summed E-state index contributed by atoms with van der Waals surface area (Å²) in [6, 6.07) is 6.08. The minimum atomic E-state index is -3.14. The molecule has 4 heterocycles. The van der Waals surface area contributed by atoms with Crippen molar-refractivity contribution < 1.29 is 8.42 Å². The number of thiophene rings is 1. The fourth-order valence-corrected chi connectivity index (χ4v) is 4.65. The molecule has 8 heteroatoms. The van der Waals surface area contributed by atoms with Gasteiger partial charge in [0.25, 0.3) is 0 Å². The van der Waals surface area contributed by atoms with Gasteiger partial charge in [-0.15, -0.1) is 0 Å². The minimum absolute atomic E-state index is 0.473. The summed E-state index contributed by atoms with van der Waals surface area (Å²) < 4.78 is 24.9. The van der Waals surface area contributed by atoms with E-state index in [1.165, 1.54) is 10.6 Å². The molecule has 130 valence electrons. The first-order valence-electron chi connectivity index (χ1n) is 8.00. The largest absolute Gasteiger partial charge is 0.352 e. The highest BCUT2D eigenvalue weighted by molar-refractivity contribution is 7.88. The molecule has 0 radical (unpaired) electrons. The van der Waals surface area contributed by atoms with Gasteiger partial charge in [0.05, 0.1) is 6.26 Å². The number of nitrogens with zero attached hydrogens (tertiary/aromatic N) is 4. The highest BCUT2D eigenvalue weighted by Gasteiger charge is 2.25. The van der Waals surface area contributed by atoms with Crippen LogP contribution in [0.15, 0.2) is 41.4 Å². The van der Waals surface area contributed by atoms with Crippen LogP contribution in [0.3, 0.4) is 0 Å². The number of fused-ring (bicyclic) bond motifs is 1. The minimum Gasteiger partial charge on any atom is -0.352 e. The van der Waals surface area contributed by atoms with Crippen molar-refractivity contribution in [3.63, 3.8) is 0 Å². The Morgan fingerprint density at radius 2 is 1.92 bits per heavy atom. The van der Waals surface area contributed by atoms with Crippen LogP contribution < -0.4 is 4.90 Å². The van der Waals surface area contributed by atoms with Gasteiger partial charge >= 0.3 is 0 Å². The van der Waals surface area contributed by atoms with Crippen molar-refractivity contribution >= 4 is 38.1 Å². The fourth-order valence-electron chi connectivity index (χ4n) is 3.17. The maximum absolute atomic E-state index is 11.7. The molecule has 6 nitrogen and oxygen atoms in total. The monoisotopic (exact) mass is 374 g/mol. The first kappa shape index (κ1) is 16.4. The van der Waals surface area contributed by atoms with E-state index in [0.717, 1.165) is 27.8 Å². The van der Waals surface area contributed by atoms with Gasteiger partial charge in [0, 0.05) is 49.5 Å². The maximum atomic E-state index is 11.7. The molecule has 0 aliphatic carbocycles. The summed E-state index contributed by atoms with van der Waals surface area (Å²) in [6.07, 6.45) is 4.93. The molecule has 0 spiro atoms. The van der Waals surface area contributed by atoms with E-state index in [1.807, 2.05) is 12.3 Å². The molecule has 0 amide bonds. The van der Waals surface area contributed by atoms with E-state index in [9.17, 15) is 8.42 Å². The summed E-state index contributed by atoms with van der Waals surface area (Å²) in [5.41, 5.74) is 3.07. The molecule has 0 saturated carbocycles. The van der Waals surface area contributed by atoms with E-state index < -0.39 is 10.0 Å². The Bertz CT molecular complexity index is 995. The summed E-state index contributed by atoms with van der Waals surface area (Å²) >= 11 is 1.66. The first-order valence-corrected chi connectivity index (χ1v) is 10.8. The third-order valence-corrected chi connectivity index (χ3v) is 6.45. The lowest BCUT2D eigenvalue weighted by molar-refractivity contribution is 0.387. The summed E-state index contributed by atoms with van der Waals surface area (Å²) in [6.45, 7) is 2.18. The Balaban J connectivity index is 1.71. The van der Waals surface area contributed by atoms with Gasteiger partial charge in [-0.3, -0.25) is 4.98 Å². The SMILES string of the molecule is CS(=O)(=O)N1CCN(c2ncc(-c3ccsc3)c3cccnc23)CC1. The predicted octanol–water partition coefficient (Wildman–Crippen LogP) is 2.44. The second kappa shape index (κ2) is 6.36. The zero-order valence-electron chi connectivity index (χ0n) is 13.8. The number of hydrogen-bond donors (Lipinski definition) is 0. The van der Waals surface area contributed by atoms with E-state index >= 15 is 0 Å². The Hall–Kier alpha value is -2.03. The van der Waals surface area contributed by atoms with Gasteiger partial charge in [-0.2, -0.15) is 15.6 Å². The van der Waals surface area contributed by atoms with E-state index in [-0.39, 0.29) is 0 Å². The smallest absolute Gasteiger partial charge is 0.211 e. The molecule has 4 rings (SSSR count). The molecule has 25 heavy (non-hydrogen) atoms. The Kier molecular flexibility index (Phi) is 4.18. The molecule has 1 fully saturated rings. The molecule has 1 aliphatic heterocycles. The zero-order valence-corrected chi connectivity index (χ0v) is 15.4. The Morgan fingerprint density at radius 3 is 2.60 bits per heavy atom. The van der Waals surface area contributed by atoms with Crippen molar-refractivity contribution in [2.75, 3.05) is 37.3 Å². The predicted molar refractivity (Wildman–Crippen MR) is 101 cm³/mol. The van der Waals surface area contributed by atoms with Crippen LogP contribution in [0.2, 0.25) is 0 Å². The molecule has 1 aliphatic rings. The van der Waals surface area contributed by atoms with Gasteiger partial charge in [-0.25, -0.2) is 13.4 Å². The molecule has 3 aromatic rings. The molecular weight excluding hydrogens is 356 g/mol. The van der Waals surface area contributed by atoms with E-state index in [4.69, 9.17) is 0 Å². The van der Waals surface area contributed by atoms with E-state index in [0.29, 0.717) is 26.2 Å². The quantitative estimate of drug-likeness (QED) is 0.704. The topological polar surface area (TPSA) is 66.4 Å². The first-order chi connectivity index (χ1) is 12.0. The third kappa shape index (κ3) is 3.12. The molecule has 0 N–H and O–H groups in total. The zero-order chi connectivity index (χ0) is 17.4. The lowest BCUT2D eigenvalue weighted by atomic mass is 10.1. The lowest BCUT2D eigenvalue weighted by Gasteiger charge is -2.34. The van der Waals surface area contributed by atoms with Crippen LogP contribution in [0.4, 0.5) is 5.82 Å². The summed E-state index contributed by atoms with van der Waals surface area (Å²) in [4.78, 5) is 11.4. The summed E-state index contributed by atoms with van der Waals surface area (Å²) in [5.74, 6) is 0.822. The summed E-state index contributed by atoms with van der Waals surface area (Å²) in [5, 5.41) is 5.22. The second-order valence-corrected chi connectivity index (χ2v) is 8.82. The highest BCUT2D eigenvalue weighted by Crippen LogP contribution is 2.33. The van der Waals surface area contributed by atoms with E-state index in [1.54, 1.807) is 17.5 Å². The van der Waals surface area contributed by atoms with Crippen LogP contribution in [0.5, 0.6) is 0 Å². The van der Waals surface area contributed by atoms with Crippen LogP contribution >= 0.6 is 11.3 Å². The van der Waals surface area contributed by atoms with Crippen molar-refractivity contribution in [3.05, 3.63) is 41.4 Å².